The zero-order valence-electron chi connectivity index (χ0n) is 16.0. The summed E-state index contributed by atoms with van der Waals surface area (Å²) in [7, 11) is 1.59. The first kappa shape index (κ1) is 19.8. The van der Waals surface area contributed by atoms with Gasteiger partial charge in [-0.2, -0.15) is 0 Å². The first-order valence-electron chi connectivity index (χ1n) is 8.89. The lowest BCUT2D eigenvalue weighted by Gasteiger charge is -2.09. The minimum absolute atomic E-state index is 0.201. The van der Waals surface area contributed by atoms with Gasteiger partial charge in [-0.25, -0.2) is 9.97 Å². The van der Waals surface area contributed by atoms with Gasteiger partial charge in [0.1, 0.15) is 5.75 Å². The summed E-state index contributed by atoms with van der Waals surface area (Å²) in [5.41, 5.74) is 0.729. The Bertz CT molecular complexity index is 979. The first-order valence-corrected chi connectivity index (χ1v) is 9.70. The third-order valence-electron chi connectivity index (χ3n) is 3.87. The molecule has 0 saturated heterocycles. The van der Waals surface area contributed by atoms with Gasteiger partial charge >= 0.3 is 5.97 Å². The summed E-state index contributed by atoms with van der Waals surface area (Å²) < 4.78 is 12.9. The van der Waals surface area contributed by atoms with Crippen LogP contribution in [0.4, 0.5) is 5.95 Å². The number of benzene rings is 1. The maximum absolute atomic E-state index is 12.6. The lowest BCUT2D eigenvalue weighted by atomic mass is 10.2. The Morgan fingerprint density at radius 2 is 2.14 bits per heavy atom. The number of carbonyl (C=O) groups is 2. The van der Waals surface area contributed by atoms with Crippen LogP contribution in [-0.2, 0) is 16.1 Å². The number of thiazole rings is 1. The maximum atomic E-state index is 12.6. The van der Waals surface area contributed by atoms with Crippen molar-refractivity contribution in [2.75, 3.05) is 19.0 Å². The normalized spacial score (nSPS) is 11.0. The fraction of sp³-hybridized carbons (Fsp3) is 0.368. The van der Waals surface area contributed by atoms with Crippen LogP contribution in [0, 0.1) is 5.92 Å². The highest BCUT2D eigenvalue weighted by molar-refractivity contribution is 7.20. The second-order valence-corrected chi connectivity index (χ2v) is 7.61. The van der Waals surface area contributed by atoms with Crippen molar-refractivity contribution < 1.29 is 19.1 Å². The van der Waals surface area contributed by atoms with Gasteiger partial charge in [-0.1, -0.05) is 13.8 Å². The molecule has 0 aliphatic heterocycles. The van der Waals surface area contributed by atoms with E-state index in [0.29, 0.717) is 35.8 Å². The number of amides is 1. The summed E-state index contributed by atoms with van der Waals surface area (Å²) in [4.78, 5) is 32.9. The van der Waals surface area contributed by atoms with Crippen LogP contribution >= 0.6 is 11.3 Å². The Hall–Kier alpha value is -2.94. The number of nitrogens with one attached hydrogen (secondary N) is 1. The van der Waals surface area contributed by atoms with E-state index in [2.05, 4.69) is 15.3 Å². The van der Waals surface area contributed by atoms with Crippen molar-refractivity contribution in [1.29, 1.82) is 0 Å². The predicted molar refractivity (Wildman–Crippen MR) is 107 cm³/mol. The quantitative estimate of drug-likeness (QED) is 0.581. The summed E-state index contributed by atoms with van der Waals surface area (Å²) in [6.07, 6.45) is 3.47. The molecule has 148 valence electrons. The summed E-state index contributed by atoms with van der Waals surface area (Å²) in [5, 5.41) is 3.08. The number of methoxy groups -OCH3 is 1. The van der Waals surface area contributed by atoms with E-state index in [4.69, 9.17) is 9.47 Å². The molecule has 1 amide bonds. The summed E-state index contributed by atoms with van der Waals surface area (Å²) >= 11 is 1.28. The van der Waals surface area contributed by atoms with E-state index in [1.54, 1.807) is 30.1 Å². The fourth-order valence-corrected chi connectivity index (χ4v) is 3.33. The zero-order valence-corrected chi connectivity index (χ0v) is 16.8. The molecular weight excluding hydrogens is 380 g/mol. The van der Waals surface area contributed by atoms with Crippen molar-refractivity contribution in [1.82, 2.24) is 14.5 Å². The minimum atomic E-state index is -0.352. The standard InChI is InChI=1S/C19H22N4O4S/c1-12(2)11-27-16(24)6-8-23-9-7-20-19(23)22-17(25)18-21-14-5-4-13(26-3)10-15(14)28-18/h4-5,7,9-10,12H,6,8,11H2,1-3H3,(H,20,22,25). The van der Waals surface area contributed by atoms with Crippen LogP contribution in [0.1, 0.15) is 30.1 Å². The number of hydrogen-bond donors (Lipinski definition) is 1. The molecule has 2 aromatic heterocycles. The van der Waals surface area contributed by atoms with Crippen molar-refractivity contribution in [2.45, 2.75) is 26.8 Å². The number of rotatable bonds is 8. The van der Waals surface area contributed by atoms with Crippen LogP contribution in [0.3, 0.4) is 0 Å². The van der Waals surface area contributed by atoms with E-state index in [-0.39, 0.29) is 18.3 Å². The Kier molecular flexibility index (Phi) is 6.25. The van der Waals surface area contributed by atoms with Crippen molar-refractivity contribution in [2.24, 2.45) is 5.92 Å². The van der Waals surface area contributed by atoms with E-state index in [1.165, 1.54) is 11.3 Å². The predicted octanol–water partition coefficient (Wildman–Crippen LogP) is 3.34. The van der Waals surface area contributed by atoms with Crippen LogP contribution in [-0.4, -0.2) is 40.1 Å². The number of carbonyl (C=O) groups excluding carboxylic acids is 2. The third kappa shape index (κ3) is 4.86. The van der Waals surface area contributed by atoms with Gasteiger partial charge in [0.25, 0.3) is 5.91 Å². The highest BCUT2D eigenvalue weighted by atomic mass is 32.1. The monoisotopic (exact) mass is 402 g/mol. The molecule has 28 heavy (non-hydrogen) atoms. The van der Waals surface area contributed by atoms with Crippen LogP contribution in [0.2, 0.25) is 0 Å². The molecule has 0 atom stereocenters. The van der Waals surface area contributed by atoms with E-state index in [0.717, 1.165) is 10.2 Å². The van der Waals surface area contributed by atoms with E-state index >= 15 is 0 Å². The number of esters is 1. The number of ether oxygens (including phenoxy) is 2. The van der Waals surface area contributed by atoms with E-state index < -0.39 is 0 Å². The van der Waals surface area contributed by atoms with Gasteiger partial charge in [-0.05, 0) is 24.1 Å². The molecule has 3 rings (SSSR count). The number of aromatic nitrogens is 3. The average molecular weight is 402 g/mol. The second kappa shape index (κ2) is 8.83. The molecule has 0 aliphatic rings. The van der Waals surface area contributed by atoms with Gasteiger partial charge in [-0.15, -0.1) is 11.3 Å². The number of anilines is 1. The number of hydrogen-bond acceptors (Lipinski definition) is 7. The number of aryl methyl sites for hydroxylation is 1. The van der Waals surface area contributed by atoms with Crippen LogP contribution < -0.4 is 10.1 Å². The second-order valence-electron chi connectivity index (χ2n) is 6.58. The molecule has 0 fully saturated rings. The van der Waals surface area contributed by atoms with Crippen molar-refractivity contribution >= 4 is 39.4 Å². The first-order chi connectivity index (χ1) is 13.5. The van der Waals surface area contributed by atoms with Gasteiger partial charge in [0, 0.05) is 18.9 Å². The molecule has 0 aliphatic carbocycles. The topological polar surface area (TPSA) is 95.3 Å². The number of imidazole rings is 1. The van der Waals surface area contributed by atoms with E-state index in [1.807, 2.05) is 26.0 Å². The molecule has 0 bridgehead atoms. The molecule has 9 heteroatoms. The molecule has 0 saturated carbocycles. The largest absolute Gasteiger partial charge is 0.497 e. The lowest BCUT2D eigenvalue weighted by Crippen LogP contribution is -2.17. The SMILES string of the molecule is COc1ccc2nc(C(=O)Nc3nccn3CCC(=O)OCC(C)C)sc2c1. The Labute approximate surface area is 166 Å². The molecule has 3 aromatic rings. The molecule has 8 nitrogen and oxygen atoms in total. The molecule has 1 aromatic carbocycles. The highest BCUT2D eigenvalue weighted by Gasteiger charge is 2.16. The molecule has 0 spiro atoms. The van der Waals surface area contributed by atoms with E-state index in [9.17, 15) is 9.59 Å². The maximum Gasteiger partial charge on any atom is 0.307 e. The van der Waals surface area contributed by atoms with Crippen molar-refractivity contribution in [3.05, 3.63) is 35.6 Å². The van der Waals surface area contributed by atoms with Crippen molar-refractivity contribution in [3.8, 4) is 5.75 Å². The zero-order chi connectivity index (χ0) is 20.1. The van der Waals surface area contributed by atoms with Gasteiger partial charge in [-0.3, -0.25) is 14.9 Å². The minimum Gasteiger partial charge on any atom is -0.497 e. The third-order valence-corrected chi connectivity index (χ3v) is 4.88. The van der Waals surface area contributed by atoms with Crippen molar-refractivity contribution in [3.63, 3.8) is 0 Å². The summed E-state index contributed by atoms with van der Waals surface area (Å²) in [5.74, 6) is 0.733. The Morgan fingerprint density at radius 3 is 2.89 bits per heavy atom. The Morgan fingerprint density at radius 1 is 1.32 bits per heavy atom. The summed E-state index contributed by atoms with van der Waals surface area (Å²) in [6.45, 7) is 4.72. The lowest BCUT2D eigenvalue weighted by molar-refractivity contribution is -0.144. The van der Waals surface area contributed by atoms with Crippen LogP contribution in [0.15, 0.2) is 30.6 Å². The average Bonchev–Trinajstić information content (AvgIpc) is 3.30. The summed E-state index contributed by atoms with van der Waals surface area (Å²) in [6, 6.07) is 5.45. The van der Waals surface area contributed by atoms with Gasteiger partial charge in [0.15, 0.2) is 5.01 Å². The highest BCUT2D eigenvalue weighted by Crippen LogP contribution is 2.26. The molecule has 0 radical (unpaired) electrons. The number of fused-ring (bicyclic) bond motifs is 1. The fourth-order valence-electron chi connectivity index (χ4n) is 2.44. The Balaban J connectivity index is 1.63. The smallest absolute Gasteiger partial charge is 0.307 e. The van der Waals surface area contributed by atoms with Crippen LogP contribution in [0.5, 0.6) is 5.75 Å². The molecule has 0 unspecified atom stereocenters. The molecular formula is C19H22N4O4S. The van der Waals surface area contributed by atoms with Gasteiger partial charge in [0.05, 0.1) is 30.4 Å². The van der Waals surface area contributed by atoms with Crippen LogP contribution in [0.25, 0.3) is 10.2 Å². The number of nitrogens with zero attached hydrogens (tertiary/aromatic N) is 3. The molecule has 2 heterocycles. The van der Waals surface area contributed by atoms with Gasteiger partial charge in [0.2, 0.25) is 5.95 Å². The molecule has 1 N–H and O–H groups in total. The van der Waals surface area contributed by atoms with Gasteiger partial charge < -0.3 is 14.0 Å².